The molecule has 0 fully saturated rings. The Morgan fingerprint density at radius 1 is 1.33 bits per heavy atom. The van der Waals surface area contributed by atoms with Gasteiger partial charge in [0.05, 0.1) is 12.7 Å². The van der Waals surface area contributed by atoms with Crippen molar-refractivity contribution in [3.05, 3.63) is 46.6 Å². The fraction of sp³-hybridized carbons (Fsp3) is 0.550. The van der Waals surface area contributed by atoms with Crippen LogP contribution in [0.5, 0.6) is 0 Å². The number of carbonyl (C=O) groups is 1. The number of rotatable bonds is 8. The zero-order valence-electron chi connectivity index (χ0n) is 15.2. The number of aliphatic hydroxyl groups is 2. The van der Waals surface area contributed by atoms with Gasteiger partial charge in [0.25, 0.3) is 0 Å². The van der Waals surface area contributed by atoms with Crippen LogP contribution in [0, 0.1) is 0 Å². The van der Waals surface area contributed by atoms with Crippen LogP contribution in [0.1, 0.15) is 53.4 Å². The zero-order valence-corrected chi connectivity index (χ0v) is 15.2. The molecule has 0 spiro atoms. The van der Waals surface area contributed by atoms with E-state index in [1.165, 1.54) is 5.57 Å². The third-order valence-corrected chi connectivity index (χ3v) is 4.35. The molecule has 1 rings (SSSR count). The molecular formula is C20H30O4. The topological polar surface area (TPSA) is 66.8 Å². The monoisotopic (exact) mass is 334 g/mol. The summed E-state index contributed by atoms with van der Waals surface area (Å²) in [4.78, 5) is 11.6. The Labute approximate surface area is 145 Å². The van der Waals surface area contributed by atoms with E-state index in [4.69, 9.17) is 9.84 Å². The number of aliphatic hydroxyl groups excluding tert-OH is 2. The lowest BCUT2D eigenvalue weighted by molar-refractivity contribution is -0.143. The standard InChI is InChI=1S/C20H30O4/c1-14(8-10-18(22)15(2)12-13-21)6-5-7-16(3)19-11-9-17(4)20(23)24-19/h7-9,12,18-19,21-22H,5-6,10-11,13H2,1-4H3/b14-8+,15-12+,16-7+. The highest BCUT2D eigenvalue weighted by Gasteiger charge is 2.21. The highest BCUT2D eigenvalue weighted by Crippen LogP contribution is 2.20. The summed E-state index contributed by atoms with van der Waals surface area (Å²) in [6.45, 7) is 7.59. The number of esters is 1. The van der Waals surface area contributed by atoms with Crippen LogP contribution in [-0.2, 0) is 9.53 Å². The minimum absolute atomic E-state index is 0.0455. The summed E-state index contributed by atoms with van der Waals surface area (Å²) in [5.74, 6) is -0.227. The van der Waals surface area contributed by atoms with Gasteiger partial charge in [0.1, 0.15) is 6.10 Å². The predicted octanol–water partition coefficient (Wildman–Crippen LogP) is 3.61. The second kappa shape index (κ2) is 10.3. The predicted molar refractivity (Wildman–Crippen MR) is 96.5 cm³/mol. The van der Waals surface area contributed by atoms with E-state index in [0.29, 0.717) is 12.0 Å². The molecule has 0 bridgehead atoms. The normalized spacial score (nSPS) is 21.4. The third-order valence-electron chi connectivity index (χ3n) is 4.35. The molecule has 2 N–H and O–H groups in total. The summed E-state index contributed by atoms with van der Waals surface area (Å²) in [6, 6.07) is 0. The Balaban J connectivity index is 2.44. The fourth-order valence-electron chi connectivity index (χ4n) is 2.46. The van der Waals surface area contributed by atoms with Gasteiger partial charge >= 0.3 is 5.97 Å². The molecule has 24 heavy (non-hydrogen) atoms. The van der Waals surface area contributed by atoms with E-state index in [-0.39, 0.29) is 18.7 Å². The molecule has 0 saturated carbocycles. The molecule has 0 amide bonds. The van der Waals surface area contributed by atoms with Crippen molar-refractivity contribution in [1.82, 2.24) is 0 Å². The minimum atomic E-state index is -0.541. The van der Waals surface area contributed by atoms with E-state index in [1.807, 2.05) is 32.9 Å². The molecular weight excluding hydrogens is 304 g/mol. The van der Waals surface area contributed by atoms with Crippen molar-refractivity contribution in [2.45, 2.75) is 65.6 Å². The second-order valence-electron chi connectivity index (χ2n) is 6.44. The maximum Gasteiger partial charge on any atom is 0.333 e. The van der Waals surface area contributed by atoms with Gasteiger partial charge in [-0.05, 0) is 58.1 Å². The molecule has 0 aromatic rings. The molecule has 0 radical (unpaired) electrons. The van der Waals surface area contributed by atoms with E-state index in [2.05, 4.69) is 6.08 Å². The SMILES string of the molecule is CC1=CCC(/C(C)=C/CC/C(C)=C/CC(O)/C(C)=C/CO)OC1=O. The number of ether oxygens (including phenoxy) is 1. The maximum atomic E-state index is 11.6. The summed E-state index contributed by atoms with van der Waals surface area (Å²) in [7, 11) is 0. The van der Waals surface area contributed by atoms with Crippen molar-refractivity contribution >= 4 is 5.97 Å². The molecule has 4 nitrogen and oxygen atoms in total. The van der Waals surface area contributed by atoms with Crippen LogP contribution < -0.4 is 0 Å². The Kier molecular flexibility index (Phi) is 8.72. The molecule has 2 atom stereocenters. The van der Waals surface area contributed by atoms with Crippen molar-refractivity contribution < 1.29 is 19.7 Å². The number of hydrogen-bond donors (Lipinski definition) is 2. The zero-order chi connectivity index (χ0) is 18.1. The quantitative estimate of drug-likeness (QED) is 0.526. The summed E-state index contributed by atoms with van der Waals surface area (Å²) < 4.78 is 5.40. The third kappa shape index (κ3) is 6.85. The number of cyclic esters (lactones) is 1. The Morgan fingerprint density at radius 2 is 2.04 bits per heavy atom. The van der Waals surface area contributed by atoms with Crippen LogP contribution in [0.25, 0.3) is 0 Å². The lowest BCUT2D eigenvalue weighted by atomic mass is 10.0. The first-order valence-electron chi connectivity index (χ1n) is 8.50. The van der Waals surface area contributed by atoms with Gasteiger partial charge < -0.3 is 14.9 Å². The summed E-state index contributed by atoms with van der Waals surface area (Å²) >= 11 is 0. The first kappa shape index (κ1) is 20.4. The van der Waals surface area contributed by atoms with Gasteiger partial charge in [-0.25, -0.2) is 4.79 Å². The van der Waals surface area contributed by atoms with Gasteiger partial charge in [0.2, 0.25) is 0 Å². The van der Waals surface area contributed by atoms with E-state index < -0.39 is 6.10 Å². The summed E-state index contributed by atoms with van der Waals surface area (Å²) in [6.07, 6.45) is 10.1. The number of hydrogen-bond acceptors (Lipinski definition) is 4. The number of carbonyl (C=O) groups excluding carboxylic acids is 1. The summed E-state index contributed by atoms with van der Waals surface area (Å²) in [5, 5.41) is 18.8. The van der Waals surface area contributed by atoms with Crippen molar-refractivity contribution in [2.75, 3.05) is 6.61 Å². The van der Waals surface area contributed by atoms with Gasteiger partial charge in [-0.15, -0.1) is 0 Å². The second-order valence-corrected chi connectivity index (χ2v) is 6.44. The lowest BCUT2D eigenvalue weighted by Gasteiger charge is -2.21. The largest absolute Gasteiger partial charge is 0.454 e. The Bertz CT molecular complexity index is 552. The van der Waals surface area contributed by atoms with Crippen molar-refractivity contribution in [3.63, 3.8) is 0 Å². The Hall–Kier alpha value is -1.65. The van der Waals surface area contributed by atoms with Crippen LogP contribution in [0.15, 0.2) is 46.6 Å². The van der Waals surface area contributed by atoms with Crippen LogP contribution in [0.3, 0.4) is 0 Å². The molecule has 1 heterocycles. The van der Waals surface area contributed by atoms with E-state index in [9.17, 15) is 9.90 Å². The van der Waals surface area contributed by atoms with Crippen LogP contribution in [0.2, 0.25) is 0 Å². The van der Waals surface area contributed by atoms with Gasteiger partial charge in [-0.3, -0.25) is 0 Å². The molecule has 2 unspecified atom stereocenters. The van der Waals surface area contributed by atoms with Gasteiger partial charge in [-0.1, -0.05) is 29.9 Å². The first-order chi connectivity index (χ1) is 11.3. The van der Waals surface area contributed by atoms with E-state index in [0.717, 1.165) is 30.4 Å². The smallest absolute Gasteiger partial charge is 0.333 e. The maximum absolute atomic E-state index is 11.6. The van der Waals surface area contributed by atoms with Crippen LogP contribution in [-0.4, -0.2) is 35.0 Å². The first-order valence-corrected chi connectivity index (χ1v) is 8.50. The average Bonchev–Trinajstić information content (AvgIpc) is 2.55. The molecule has 1 aliphatic heterocycles. The van der Waals surface area contributed by atoms with Crippen molar-refractivity contribution in [2.24, 2.45) is 0 Å². The molecule has 0 aliphatic carbocycles. The molecule has 134 valence electrons. The Morgan fingerprint density at radius 3 is 2.67 bits per heavy atom. The number of allylic oxidation sites excluding steroid dienone is 2. The van der Waals surface area contributed by atoms with Gasteiger partial charge in [0, 0.05) is 12.0 Å². The van der Waals surface area contributed by atoms with Crippen LogP contribution in [0.4, 0.5) is 0 Å². The minimum Gasteiger partial charge on any atom is -0.454 e. The molecule has 1 aliphatic rings. The van der Waals surface area contributed by atoms with E-state index in [1.54, 1.807) is 13.0 Å². The van der Waals surface area contributed by atoms with Crippen LogP contribution >= 0.6 is 0 Å². The lowest BCUT2D eigenvalue weighted by Crippen LogP contribution is -2.23. The molecule has 0 saturated heterocycles. The highest BCUT2D eigenvalue weighted by molar-refractivity contribution is 5.88. The van der Waals surface area contributed by atoms with Crippen molar-refractivity contribution in [1.29, 1.82) is 0 Å². The average molecular weight is 334 g/mol. The molecule has 4 heteroatoms. The van der Waals surface area contributed by atoms with E-state index >= 15 is 0 Å². The highest BCUT2D eigenvalue weighted by atomic mass is 16.5. The molecule has 0 aromatic carbocycles. The van der Waals surface area contributed by atoms with Gasteiger partial charge in [-0.2, -0.15) is 0 Å². The van der Waals surface area contributed by atoms with Gasteiger partial charge in [0.15, 0.2) is 0 Å². The van der Waals surface area contributed by atoms with Crippen molar-refractivity contribution in [3.8, 4) is 0 Å². The summed E-state index contributed by atoms with van der Waals surface area (Å²) in [5.41, 5.74) is 3.77. The molecule has 0 aromatic heterocycles. The fourth-order valence-corrected chi connectivity index (χ4v) is 2.46.